The number of hydrogen-bond donors (Lipinski definition) is 1. The average Bonchev–Trinajstić information content (AvgIpc) is 2.44. The molecule has 1 aromatic carbocycles. The molecular weight excluding hydrogens is 224 g/mol. The van der Waals surface area contributed by atoms with Gasteiger partial charge in [-0.2, -0.15) is 0 Å². The van der Waals surface area contributed by atoms with Crippen LogP contribution >= 0.6 is 0 Å². The van der Waals surface area contributed by atoms with Crippen molar-refractivity contribution in [2.45, 2.75) is 31.8 Å². The summed E-state index contributed by atoms with van der Waals surface area (Å²) in [5, 5.41) is 3.48. The predicted molar refractivity (Wildman–Crippen MR) is 75.2 cm³/mol. The molecule has 2 rings (SSSR count). The quantitative estimate of drug-likeness (QED) is 0.884. The lowest BCUT2D eigenvalue weighted by molar-refractivity contribution is 0.185. The molecule has 100 valence electrons. The maximum Gasteiger partial charge on any atom is 0.119 e. The second-order valence-corrected chi connectivity index (χ2v) is 5.01. The highest BCUT2D eigenvalue weighted by atomic mass is 16.5. The number of benzene rings is 1. The number of nitrogens with zero attached hydrogens (tertiary/aromatic N) is 1. The zero-order valence-corrected chi connectivity index (χ0v) is 11.9. The number of ether oxygens (including phenoxy) is 1. The van der Waals surface area contributed by atoms with E-state index in [0.29, 0.717) is 12.1 Å². The first kappa shape index (κ1) is 13.4. The Balaban J connectivity index is 2.35. The summed E-state index contributed by atoms with van der Waals surface area (Å²) in [6, 6.07) is 7.43. The lowest BCUT2D eigenvalue weighted by Gasteiger charge is -2.39. The highest BCUT2D eigenvalue weighted by Gasteiger charge is 2.30. The second kappa shape index (κ2) is 5.72. The van der Waals surface area contributed by atoms with Gasteiger partial charge in [0.2, 0.25) is 0 Å². The Hall–Kier alpha value is -1.06. The molecular formula is C15H24N2O. The van der Waals surface area contributed by atoms with Gasteiger partial charge in [0.1, 0.15) is 5.75 Å². The van der Waals surface area contributed by atoms with Crippen molar-refractivity contribution in [3.63, 3.8) is 0 Å². The molecule has 1 aromatic rings. The van der Waals surface area contributed by atoms with Gasteiger partial charge in [-0.25, -0.2) is 0 Å². The Kier molecular flexibility index (Phi) is 4.25. The molecule has 1 N–H and O–H groups in total. The van der Waals surface area contributed by atoms with Crippen molar-refractivity contribution in [2.75, 3.05) is 27.7 Å². The zero-order valence-electron chi connectivity index (χ0n) is 11.9. The molecule has 0 amide bonds. The van der Waals surface area contributed by atoms with Crippen LogP contribution in [-0.2, 0) is 6.42 Å². The molecule has 0 saturated heterocycles. The summed E-state index contributed by atoms with van der Waals surface area (Å²) < 4.78 is 5.35. The minimum atomic E-state index is 0.397. The number of hydrogen-bond acceptors (Lipinski definition) is 3. The minimum absolute atomic E-state index is 0.397. The van der Waals surface area contributed by atoms with Crippen LogP contribution in [0.1, 0.15) is 30.5 Å². The fraction of sp³-hybridized carbons (Fsp3) is 0.600. The van der Waals surface area contributed by atoms with Crippen LogP contribution in [0.3, 0.4) is 0 Å². The van der Waals surface area contributed by atoms with Gasteiger partial charge in [0.15, 0.2) is 0 Å². The van der Waals surface area contributed by atoms with E-state index in [-0.39, 0.29) is 0 Å². The van der Waals surface area contributed by atoms with Gasteiger partial charge < -0.3 is 15.0 Å². The van der Waals surface area contributed by atoms with Crippen LogP contribution < -0.4 is 10.1 Å². The highest BCUT2D eigenvalue weighted by Crippen LogP contribution is 2.34. The summed E-state index contributed by atoms with van der Waals surface area (Å²) in [4.78, 5) is 2.43. The van der Waals surface area contributed by atoms with E-state index in [4.69, 9.17) is 4.74 Å². The van der Waals surface area contributed by atoms with Gasteiger partial charge in [0.05, 0.1) is 7.11 Å². The van der Waals surface area contributed by atoms with Gasteiger partial charge in [-0.15, -0.1) is 0 Å². The second-order valence-electron chi connectivity index (χ2n) is 5.01. The predicted octanol–water partition coefficient (Wildman–Crippen LogP) is 2.22. The molecule has 1 aliphatic rings. The zero-order chi connectivity index (χ0) is 13.1. The molecule has 0 heterocycles. The molecule has 2 unspecified atom stereocenters. The molecule has 3 nitrogen and oxygen atoms in total. The standard InChI is InChI=1S/C15H24N2O/c1-5-17(3)14-9-7-11-6-8-12(18-4)10-13(11)15(14)16-2/h6,8,10,14-16H,5,7,9H2,1-4H3. The maximum absolute atomic E-state index is 5.35. The van der Waals surface area contributed by atoms with Crippen molar-refractivity contribution in [2.24, 2.45) is 0 Å². The Morgan fingerprint density at radius 2 is 2.22 bits per heavy atom. The summed E-state index contributed by atoms with van der Waals surface area (Å²) in [6.45, 7) is 3.30. The fourth-order valence-corrected chi connectivity index (χ4v) is 2.95. The lowest BCUT2D eigenvalue weighted by atomic mass is 9.83. The van der Waals surface area contributed by atoms with Crippen LogP contribution in [0.2, 0.25) is 0 Å². The number of likely N-dealkylation sites (N-methyl/N-ethyl adjacent to an activating group) is 2. The van der Waals surface area contributed by atoms with Crippen molar-refractivity contribution < 1.29 is 4.74 Å². The number of fused-ring (bicyclic) bond motifs is 1. The van der Waals surface area contributed by atoms with E-state index in [9.17, 15) is 0 Å². The number of nitrogens with one attached hydrogen (secondary N) is 1. The molecule has 0 saturated carbocycles. The third-order valence-corrected chi connectivity index (χ3v) is 4.16. The van der Waals surface area contributed by atoms with Crippen molar-refractivity contribution in [1.82, 2.24) is 10.2 Å². The molecule has 18 heavy (non-hydrogen) atoms. The van der Waals surface area contributed by atoms with Crippen LogP contribution in [-0.4, -0.2) is 38.7 Å². The SMILES string of the molecule is CCN(C)C1CCc2ccc(OC)cc2C1NC. The van der Waals surface area contributed by atoms with Crippen molar-refractivity contribution in [3.8, 4) is 5.75 Å². The van der Waals surface area contributed by atoms with Crippen LogP contribution in [0, 0.1) is 0 Å². The number of methoxy groups -OCH3 is 1. The Morgan fingerprint density at radius 3 is 2.83 bits per heavy atom. The first-order valence-corrected chi connectivity index (χ1v) is 6.75. The summed E-state index contributed by atoms with van der Waals surface area (Å²) in [7, 11) is 5.99. The van der Waals surface area contributed by atoms with E-state index in [1.165, 1.54) is 17.5 Å². The fourth-order valence-electron chi connectivity index (χ4n) is 2.95. The third-order valence-electron chi connectivity index (χ3n) is 4.16. The molecule has 3 heteroatoms. The van der Waals surface area contributed by atoms with Crippen molar-refractivity contribution >= 4 is 0 Å². The van der Waals surface area contributed by atoms with Gasteiger partial charge in [0, 0.05) is 12.1 Å². The van der Waals surface area contributed by atoms with E-state index in [0.717, 1.165) is 18.7 Å². The van der Waals surface area contributed by atoms with E-state index >= 15 is 0 Å². The van der Waals surface area contributed by atoms with Crippen molar-refractivity contribution in [1.29, 1.82) is 0 Å². The molecule has 2 atom stereocenters. The Labute approximate surface area is 110 Å². The van der Waals surface area contributed by atoms with Gasteiger partial charge in [-0.05, 0) is 56.7 Å². The topological polar surface area (TPSA) is 24.5 Å². The van der Waals surface area contributed by atoms with E-state index < -0.39 is 0 Å². The molecule has 0 fully saturated rings. The van der Waals surface area contributed by atoms with E-state index in [2.05, 4.69) is 49.4 Å². The summed E-state index contributed by atoms with van der Waals surface area (Å²) in [5.74, 6) is 0.953. The van der Waals surface area contributed by atoms with Gasteiger partial charge in [-0.1, -0.05) is 13.0 Å². The smallest absolute Gasteiger partial charge is 0.119 e. The van der Waals surface area contributed by atoms with Gasteiger partial charge >= 0.3 is 0 Å². The largest absolute Gasteiger partial charge is 0.497 e. The minimum Gasteiger partial charge on any atom is -0.497 e. The van der Waals surface area contributed by atoms with E-state index in [1.807, 2.05) is 0 Å². The van der Waals surface area contributed by atoms with Gasteiger partial charge in [-0.3, -0.25) is 0 Å². The molecule has 0 spiro atoms. The third kappa shape index (κ3) is 2.38. The normalized spacial score (nSPS) is 22.9. The Bertz CT molecular complexity index is 405. The summed E-state index contributed by atoms with van der Waals surface area (Å²) in [6.07, 6.45) is 2.38. The van der Waals surface area contributed by atoms with Crippen LogP contribution in [0.5, 0.6) is 5.75 Å². The van der Waals surface area contributed by atoms with Crippen molar-refractivity contribution in [3.05, 3.63) is 29.3 Å². The summed E-state index contributed by atoms with van der Waals surface area (Å²) in [5.41, 5.74) is 2.85. The highest BCUT2D eigenvalue weighted by molar-refractivity contribution is 5.40. The van der Waals surface area contributed by atoms with Crippen LogP contribution in [0.4, 0.5) is 0 Å². The number of aryl methyl sites for hydroxylation is 1. The van der Waals surface area contributed by atoms with Crippen LogP contribution in [0.25, 0.3) is 0 Å². The molecule has 1 aliphatic carbocycles. The number of rotatable bonds is 4. The average molecular weight is 248 g/mol. The molecule has 0 aromatic heterocycles. The van der Waals surface area contributed by atoms with Crippen LogP contribution in [0.15, 0.2) is 18.2 Å². The summed E-state index contributed by atoms with van der Waals surface area (Å²) >= 11 is 0. The molecule has 0 aliphatic heterocycles. The monoisotopic (exact) mass is 248 g/mol. The maximum atomic E-state index is 5.35. The lowest BCUT2D eigenvalue weighted by Crippen LogP contribution is -2.44. The van der Waals surface area contributed by atoms with Gasteiger partial charge in [0.25, 0.3) is 0 Å². The van der Waals surface area contributed by atoms with E-state index in [1.54, 1.807) is 7.11 Å². The first-order valence-electron chi connectivity index (χ1n) is 6.75. The first-order chi connectivity index (χ1) is 8.71. The molecule has 0 radical (unpaired) electrons. The molecule has 0 bridgehead atoms. The Morgan fingerprint density at radius 1 is 1.44 bits per heavy atom.